The molecule has 2 aromatic rings. The molecule has 0 spiro atoms. The van der Waals surface area contributed by atoms with Crippen molar-refractivity contribution in [2.75, 3.05) is 0 Å². The van der Waals surface area contributed by atoms with E-state index in [0.717, 1.165) is 24.3 Å². The van der Waals surface area contributed by atoms with Crippen LogP contribution in [0, 0.1) is 17.6 Å². The van der Waals surface area contributed by atoms with Crippen LogP contribution in [-0.4, -0.2) is 0 Å². The molecule has 3 rings (SSSR count). The van der Waals surface area contributed by atoms with Crippen molar-refractivity contribution < 1.29 is 13.2 Å². The average Bonchev–Trinajstić information content (AvgIpc) is 2.71. The minimum Gasteiger partial charge on any atom is -0.216 e. The SMILES string of the molecule is F/C=C/CCCC[C@H]1CC[C@H](c2ccc(-c3ccc(F)c(F)c3)cc2)CC1. The first-order valence-corrected chi connectivity index (χ1v) is 9.98. The fourth-order valence-electron chi connectivity index (χ4n) is 4.17. The first-order chi connectivity index (χ1) is 13.2. The van der Waals surface area contributed by atoms with Gasteiger partial charge in [-0.2, -0.15) is 0 Å². The van der Waals surface area contributed by atoms with Crippen molar-refractivity contribution in [3.63, 3.8) is 0 Å². The van der Waals surface area contributed by atoms with E-state index in [-0.39, 0.29) is 0 Å². The highest BCUT2D eigenvalue weighted by molar-refractivity contribution is 5.63. The summed E-state index contributed by atoms with van der Waals surface area (Å²) in [7, 11) is 0. The summed E-state index contributed by atoms with van der Waals surface area (Å²) in [6, 6.07) is 12.3. The first kappa shape index (κ1) is 19.7. The maximum absolute atomic E-state index is 13.4. The maximum Gasteiger partial charge on any atom is 0.159 e. The zero-order chi connectivity index (χ0) is 19.1. The molecular formula is C24H27F3. The molecule has 3 heteroatoms. The van der Waals surface area contributed by atoms with E-state index in [1.807, 2.05) is 12.1 Å². The van der Waals surface area contributed by atoms with Gasteiger partial charge in [-0.15, -0.1) is 0 Å². The Balaban J connectivity index is 1.50. The number of allylic oxidation sites excluding steroid dienone is 1. The van der Waals surface area contributed by atoms with Gasteiger partial charge >= 0.3 is 0 Å². The van der Waals surface area contributed by atoms with Gasteiger partial charge in [0.1, 0.15) is 0 Å². The second-order valence-corrected chi connectivity index (χ2v) is 7.61. The molecule has 1 saturated carbocycles. The Labute approximate surface area is 160 Å². The van der Waals surface area contributed by atoms with Gasteiger partial charge in [0.25, 0.3) is 0 Å². The van der Waals surface area contributed by atoms with E-state index in [0.29, 0.717) is 17.8 Å². The maximum atomic E-state index is 13.4. The van der Waals surface area contributed by atoms with Crippen molar-refractivity contribution in [2.45, 2.75) is 57.3 Å². The van der Waals surface area contributed by atoms with Crippen LogP contribution in [0.15, 0.2) is 54.9 Å². The molecule has 0 bridgehead atoms. The van der Waals surface area contributed by atoms with Crippen LogP contribution in [0.1, 0.15) is 62.8 Å². The largest absolute Gasteiger partial charge is 0.216 e. The van der Waals surface area contributed by atoms with E-state index in [4.69, 9.17) is 0 Å². The third kappa shape index (κ3) is 5.47. The highest BCUT2D eigenvalue weighted by Crippen LogP contribution is 2.38. The fraction of sp³-hybridized carbons (Fsp3) is 0.417. The third-order valence-corrected chi connectivity index (χ3v) is 5.80. The first-order valence-electron chi connectivity index (χ1n) is 9.98. The van der Waals surface area contributed by atoms with E-state index in [1.165, 1.54) is 56.2 Å². The van der Waals surface area contributed by atoms with Crippen LogP contribution in [-0.2, 0) is 0 Å². The molecule has 27 heavy (non-hydrogen) atoms. The van der Waals surface area contributed by atoms with Crippen LogP contribution in [0.4, 0.5) is 13.2 Å². The predicted octanol–water partition coefficient (Wildman–Crippen LogP) is 7.95. The molecule has 0 aromatic heterocycles. The number of halogens is 3. The van der Waals surface area contributed by atoms with Gasteiger partial charge < -0.3 is 0 Å². The van der Waals surface area contributed by atoms with Crippen molar-refractivity contribution >= 4 is 0 Å². The van der Waals surface area contributed by atoms with Gasteiger partial charge in [0.2, 0.25) is 0 Å². The summed E-state index contributed by atoms with van der Waals surface area (Å²) < 4.78 is 38.4. The van der Waals surface area contributed by atoms with E-state index in [1.54, 1.807) is 12.1 Å². The monoisotopic (exact) mass is 372 g/mol. The van der Waals surface area contributed by atoms with Crippen molar-refractivity contribution in [3.05, 3.63) is 72.1 Å². The van der Waals surface area contributed by atoms with Crippen LogP contribution < -0.4 is 0 Å². The number of rotatable bonds is 7. The predicted molar refractivity (Wildman–Crippen MR) is 105 cm³/mol. The summed E-state index contributed by atoms with van der Waals surface area (Å²) in [6.07, 6.45) is 11.5. The fourth-order valence-corrected chi connectivity index (χ4v) is 4.17. The Morgan fingerprint density at radius 2 is 1.52 bits per heavy atom. The molecule has 0 aliphatic heterocycles. The molecule has 0 unspecified atom stereocenters. The van der Waals surface area contributed by atoms with Crippen LogP contribution in [0.3, 0.4) is 0 Å². The molecule has 0 atom stereocenters. The molecule has 0 nitrogen and oxygen atoms in total. The van der Waals surface area contributed by atoms with Crippen molar-refractivity contribution in [1.82, 2.24) is 0 Å². The lowest BCUT2D eigenvalue weighted by Crippen LogP contribution is -2.13. The summed E-state index contributed by atoms with van der Waals surface area (Å²) in [5.74, 6) is -0.228. The molecule has 0 heterocycles. The summed E-state index contributed by atoms with van der Waals surface area (Å²) in [5.41, 5.74) is 2.95. The molecule has 144 valence electrons. The zero-order valence-corrected chi connectivity index (χ0v) is 15.6. The van der Waals surface area contributed by atoms with Crippen LogP contribution in [0.2, 0.25) is 0 Å². The quantitative estimate of drug-likeness (QED) is 0.433. The van der Waals surface area contributed by atoms with Gasteiger partial charge in [-0.1, -0.05) is 49.2 Å². The lowest BCUT2D eigenvalue weighted by Gasteiger charge is -2.29. The molecule has 1 aliphatic rings. The Hall–Kier alpha value is -2.03. The van der Waals surface area contributed by atoms with Crippen molar-refractivity contribution in [2.24, 2.45) is 5.92 Å². The minimum atomic E-state index is -0.814. The molecule has 0 radical (unpaired) electrons. The molecule has 1 fully saturated rings. The normalized spacial score (nSPS) is 20.3. The van der Waals surface area contributed by atoms with E-state index in [2.05, 4.69) is 12.1 Å². The van der Waals surface area contributed by atoms with Crippen LogP contribution in [0.5, 0.6) is 0 Å². The van der Waals surface area contributed by atoms with Gasteiger partial charge in [-0.05, 0) is 79.2 Å². The minimum absolute atomic E-state index is 0.592. The second-order valence-electron chi connectivity index (χ2n) is 7.61. The third-order valence-electron chi connectivity index (χ3n) is 5.80. The van der Waals surface area contributed by atoms with E-state index >= 15 is 0 Å². The van der Waals surface area contributed by atoms with Gasteiger partial charge in [0.05, 0.1) is 6.33 Å². The summed E-state index contributed by atoms with van der Waals surface area (Å²) in [5, 5.41) is 0. The highest BCUT2D eigenvalue weighted by Gasteiger charge is 2.22. The molecule has 0 N–H and O–H groups in total. The van der Waals surface area contributed by atoms with Gasteiger partial charge in [0, 0.05) is 0 Å². The Bertz CT molecular complexity index is 741. The molecule has 1 aliphatic carbocycles. The van der Waals surface area contributed by atoms with Crippen LogP contribution in [0.25, 0.3) is 11.1 Å². The zero-order valence-electron chi connectivity index (χ0n) is 15.6. The van der Waals surface area contributed by atoms with Crippen LogP contribution >= 0.6 is 0 Å². The smallest absolute Gasteiger partial charge is 0.159 e. The lowest BCUT2D eigenvalue weighted by molar-refractivity contribution is 0.303. The summed E-state index contributed by atoms with van der Waals surface area (Å²) in [4.78, 5) is 0. The Morgan fingerprint density at radius 1 is 0.815 bits per heavy atom. The van der Waals surface area contributed by atoms with Gasteiger partial charge in [-0.25, -0.2) is 13.2 Å². The summed E-state index contributed by atoms with van der Waals surface area (Å²) in [6.45, 7) is 0. The van der Waals surface area contributed by atoms with Crippen molar-refractivity contribution in [1.29, 1.82) is 0 Å². The molecule has 0 amide bonds. The van der Waals surface area contributed by atoms with E-state index in [9.17, 15) is 13.2 Å². The average molecular weight is 372 g/mol. The number of hydrogen-bond acceptors (Lipinski definition) is 0. The van der Waals surface area contributed by atoms with E-state index < -0.39 is 11.6 Å². The molecular weight excluding hydrogens is 345 g/mol. The number of benzene rings is 2. The molecule has 0 saturated heterocycles. The Kier molecular flexibility index (Phi) is 7.14. The highest BCUT2D eigenvalue weighted by atomic mass is 19.2. The van der Waals surface area contributed by atoms with Gasteiger partial charge in [-0.3, -0.25) is 0 Å². The topological polar surface area (TPSA) is 0 Å². The summed E-state index contributed by atoms with van der Waals surface area (Å²) >= 11 is 0. The second kappa shape index (κ2) is 9.77. The number of hydrogen-bond donors (Lipinski definition) is 0. The number of unbranched alkanes of at least 4 members (excludes halogenated alkanes) is 2. The molecule has 2 aromatic carbocycles. The standard InChI is InChI=1S/C24H27F3/c25-16-4-2-1-3-5-18-6-8-19(9-7-18)20-10-12-21(13-11-20)22-14-15-23(26)24(27)17-22/h4,10-19H,1-3,5-9H2/b16-4+/t18-,19-. The lowest BCUT2D eigenvalue weighted by atomic mass is 9.77. The Morgan fingerprint density at radius 3 is 2.19 bits per heavy atom. The van der Waals surface area contributed by atoms with Gasteiger partial charge in [0.15, 0.2) is 11.6 Å². The van der Waals surface area contributed by atoms with Crippen molar-refractivity contribution in [3.8, 4) is 11.1 Å².